The molecule has 1 aromatic rings. The zero-order chi connectivity index (χ0) is 13.0. The summed E-state index contributed by atoms with van der Waals surface area (Å²) in [6.45, 7) is 5.75. The molecular formula is C16H23NO. The zero-order valence-electron chi connectivity index (χ0n) is 11.5. The van der Waals surface area contributed by atoms with Crippen LogP contribution in [-0.2, 0) is 0 Å². The van der Waals surface area contributed by atoms with E-state index >= 15 is 0 Å². The average Bonchev–Trinajstić information content (AvgIpc) is 2.90. The van der Waals surface area contributed by atoms with Gasteiger partial charge < -0.3 is 0 Å². The van der Waals surface area contributed by atoms with Crippen LogP contribution >= 0.6 is 0 Å². The molecule has 0 unspecified atom stereocenters. The first kappa shape index (κ1) is 13.3. The molecule has 1 aliphatic carbocycles. The molecule has 0 saturated heterocycles. The highest BCUT2D eigenvalue weighted by molar-refractivity contribution is 5.97. The van der Waals surface area contributed by atoms with E-state index in [1.54, 1.807) is 0 Å². The number of aryl methyl sites for hydroxylation is 1. The third-order valence-electron chi connectivity index (χ3n) is 3.97. The molecule has 0 atom stereocenters. The van der Waals surface area contributed by atoms with Gasteiger partial charge in [-0.2, -0.15) is 0 Å². The second-order valence-corrected chi connectivity index (χ2v) is 5.29. The van der Waals surface area contributed by atoms with Crippen LogP contribution < -0.4 is 0 Å². The van der Waals surface area contributed by atoms with Crippen molar-refractivity contribution in [2.75, 3.05) is 13.1 Å². The van der Waals surface area contributed by atoms with Gasteiger partial charge in [0.25, 0.3) is 0 Å². The fourth-order valence-electron chi connectivity index (χ4n) is 2.78. The fourth-order valence-corrected chi connectivity index (χ4v) is 2.78. The van der Waals surface area contributed by atoms with Gasteiger partial charge in [-0.1, -0.05) is 49.6 Å². The molecule has 18 heavy (non-hydrogen) atoms. The van der Waals surface area contributed by atoms with Crippen molar-refractivity contribution in [3.8, 4) is 0 Å². The van der Waals surface area contributed by atoms with Crippen LogP contribution in [0.3, 0.4) is 0 Å². The summed E-state index contributed by atoms with van der Waals surface area (Å²) in [6, 6.07) is 8.54. The lowest BCUT2D eigenvalue weighted by molar-refractivity contribution is 0.0899. The van der Waals surface area contributed by atoms with Crippen molar-refractivity contribution in [3.05, 3.63) is 35.4 Å². The van der Waals surface area contributed by atoms with Crippen molar-refractivity contribution < 1.29 is 4.79 Å². The molecule has 1 aromatic carbocycles. The van der Waals surface area contributed by atoms with Crippen molar-refractivity contribution in [2.45, 2.75) is 45.6 Å². The molecule has 2 nitrogen and oxygen atoms in total. The maximum absolute atomic E-state index is 12.2. The van der Waals surface area contributed by atoms with Crippen molar-refractivity contribution in [1.29, 1.82) is 0 Å². The van der Waals surface area contributed by atoms with Crippen LogP contribution in [0.25, 0.3) is 0 Å². The molecule has 1 saturated carbocycles. The topological polar surface area (TPSA) is 20.3 Å². The van der Waals surface area contributed by atoms with Crippen LogP contribution in [0, 0.1) is 6.92 Å². The van der Waals surface area contributed by atoms with Crippen LogP contribution in [0.2, 0.25) is 0 Å². The van der Waals surface area contributed by atoms with Crippen LogP contribution in [0.5, 0.6) is 0 Å². The Labute approximate surface area is 110 Å². The van der Waals surface area contributed by atoms with Gasteiger partial charge in [-0.25, -0.2) is 0 Å². The van der Waals surface area contributed by atoms with Gasteiger partial charge in [0.15, 0.2) is 5.78 Å². The number of rotatable bonds is 5. The Kier molecular flexibility index (Phi) is 4.54. The van der Waals surface area contributed by atoms with E-state index in [0.29, 0.717) is 12.6 Å². The Morgan fingerprint density at radius 2 is 1.83 bits per heavy atom. The van der Waals surface area contributed by atoms with Gasteiger partial charge in [0, 0.05) is 11.6 Å². The van der Waals surface area contributed by atoms with Gasteiger partial charge in [-0.3, -0.25) is 9.69 Å². The molecule has 0 heterocycles. The minimum Gasteiger partial charge on any atom is -0.293 e. The number of carbonyl (C=O) groups excluding carboxylic acids is 1. The van der Waals surface area contributed by atoms with Crippen molar-refractivity contribution >= 4 is 5.78 Å². The standard InChI is InChI=1S/C16H23NO/c1-3-17(15-6-4-5-7-15)12-16(18)14-10-8-13(2)9-11-14/h8-11,15H,3-7,12H2,1-2H3. The summed E-state index contributed by atoms with van der Waals surface area (Å²) in [5.41, 5.74) is 2.05. The quantitative estimate of drug-likeness (QED) is 0.741. The molecule has 0 N–H and O–H groups in total. The molecule has 0 spiro atoms. The third kappa shape index (κ3) is 3.20. The third-order valence-corrected chi connectivity index (χ3v) is 3.97. The highest BCUT2D eigenvalue weighted by atomic mass is 16.1. The average molecular weight is 245 g/mol. The monoisotopic (exact) mass is 245 g/mol. The number of hydrogen-bond donors (Lipinski definition) is 0. The molecule has 0 amide bonds. The molecule has 1 aliphatic rings. The smallest absolute Gasteiger partial charge is 0.176 e. The summed E-state index contributed by atoms with van der Waals surface area (Å²) in [6.07, 6.45) is 5.16. The second kappa shape index (κ2) is 6.14. The molecule has 1 fully saturated rings. The predicted octanol–water partition coefficient (Wildman–Crippen LogP) is 3.44. The van der Waals surface area contributed by atoms with E-state index in [4.69, 9.17) is 0 Å². The number of ketones is 1. The Bertz CT molecular complexity index is 390. The van der Waals surface area contributed by atoms with E-state index in [2.05, 4.69) is 11.8 Å². The van der Waals surface area contributed by atoms with E-state index in [9.17, 15) is 4.79 Å². The molecule has 2 heteroatoms. The Morgan fingerprint density at radius 1 is 1.22 bits per heavy atom. The fraction of sp³-hybridized carbons (Fsp3) is 0.562. The highest BCUT2D eigenvalue weighted by Gasteiger charge is 2.23. The summed E-state index contributed by atoms with van der Waals surface area (Å²) in [5, 5.41) is 0. The molecule has 0 aliphatic heterocycles. The van der Waals surface area contributed by atoms with E-state index in [-0.39, 0.29) is 5.78 Å². The van der Waals surface area contributed by atoms with Crippen molar-refractivity contribution in [1.82, 2.24) is 4.90 Å². The van der Waals surface area contributed by atoms with E-state index in [1.165, 1.54) is 31.2 Å². The lowest BCUT2D eigenvalue weighted by Gasteiger charge is -2.26. The number of hydrogen-bond acceptors (Lipinski definition) is 2. The summed E-state index contributed by atoms with van der Waals surface area (Å²) in [5.74, 6) is 0.253. The van der Waals surface area contributed by atoms with Gasteiger partial charge >= 0.3 is 0 Å². The second-order valence-electron chi connectivity index (χ2n) is 5.29. The minimum absolute atomic E-state index is 0.253. The predicted molar refractivity (Wildman–Crippen MR) is 75.0 cm³/mol. The maximum Gasteiger partial charge on any atom is 0.176 e. The summed E-state index contributed by atoms with van der Waals surface area (Å²) < 4.78 is 0. The van der Waals surface area contributed by atoms with Gasteiger partial charge in [0.2, 0.25) is 0 Å². The van der Waals surface area contributed by atoms with E-state index in [0.717, 1.165) is 12.1 Å². The van der Waals surface area contributed by atoms with Crippen LogP contribution in [-0.4, -0.2) is 29.8 Å². The molecule has 0 aromatic heterocycles. The van der Waals surface area contributed by atoms with Crippen LogP contribution in [0.4, 0.5) is 0 Å². The minimum atomic E-state index is 0.253. The molecule has 0 bridgehead atoms. The summed E-state index contributed by atoms with van der Waals surface area (Å²) in [4.78, 5) is 14.6. The normalized spacial score (nSPS) is 16.4. The number of nitrogens with zero attached hydrogens (tertiary/aromatic N) is 1. The lowest BCUT2D eigenvalue weighted by Crippen LogP contribution is -2.37. The molecule has 2 rings (SSSR count). The first-order chi connectivity index (χ1) is 8.70. The van der Waals surface area contributed by atoms with E-state index < -0.39 is 0 Å². The maximum atomic E-state index is 12.2. The SMILES string of the molecule is CCN(CC(=O)c1ccc(C)cc1)C1CCCC1. The van der Waals surface area contributed by atoms with Gasteiger partial charge in [-0.15, -0.1) is 0 Å². The molecule has 0 radical (unpaired) electrons. The van der Waals surface area contributed by atoms with Gasteiger partial charge in [-0.05, 0) is 26.3 Å². The van der Waals surface area contributed by atoms with Crippen molar-refractivity contribution in [3.63, 3.8) is 0 Å². The molecular weight excluding hydrogens is 222 g/mol. The lowest BCUT2D eigenvalue weighted by atomic mass is 10.1. The first-order valence-corrected chi connectivity index (χ1v) is 7.04. The zero-order valence-corrected chi connectivity index (χ0v) is 11.5. The number of benzene rings is 1. The Morgan fingerprint density at radius 3 is 2.39 bits per heavy atom. The molecule has 98 valence electrons. The van der Waals surface area contributed by atoms with Crippen LogP contribution in [0.1, 0.15) is 48.5 Å². The largest absolute Gasteiger partial charge is 0.293 e. The van der Waals surface area contributed by atoms with Crippen molar-refractivity contribution in [2.24, 2.45) is 0 Å². The first-order valence-electron chi connectivity index (χ1n) is 7.04. The van der Waals surface area contributed by atoms with Crippen LogP contribution in [0.15, 0.2) is 24.3 Å². The Balaban J connectivity index is 1.98. The summed E-state index contributed by atoms with van der Waals surface area (Å²) in [7, 11) is 0. The highest BCUT2D eigenvalue weighted by Crippen LogP contribution is 2.23. The number of likely N-dealkylation sites (N-methyl/N-ethyl adjacent to an activating group) is 1. The number of Topliss-reactive ketones (excluding diaryl/α,β-unsaturated/α-hetero) is 1. The Hall–Kier alpha value is -1.15. The summed E-state index contributed by atoms with van der Waals surface area (Å²) >= 11 is 0. The number of carbonyl (C=O) groups is 1. The van der Waals surface area contributed by atoms with E-state index in [1.807, 2.05) is 31.2 Å². The van der Waals surface area contributed by atoms with Gasteiger partial charge in [0.1, 0.15) is 0 Å². The van der Waals surface area contributed by atoms with Gasteiger partial charge in [0.05, 0.1) is 6.54 Å².